The molecule has 2 aliphatic heterocycles. The topological polar surface area (TPSA) is 67.7 Å². The minimum atomic E-state index is -0.754. The Morgan fingerprint density at radius 3 is 2.39 bits per heavy atom. The summed E-state index contributed by atoms with van der Waals surface area (Å²) in [5.41, 5.74) is 0.425. The number of halogens is 1. The number of likely N-dealkylation sites (tertiary alicyclic amines) is 2. The van der Waals surface area contributed by atoms with Crippen LogP contribution in [0.5, 0.6) is 0 Å². The van der Waals surface area contributed by atoms with E-state index in [2.05, 4.69) is 34.6 Å². The highest BCUT2D eigenvalue weighted by Gasteiger charge is 2.52. The zero-order chi connectivity index (χ0) is 28.0. The van der Waals surface area contributed by atoms with Crippen molar-refractivity contribution in [2.45, 2.75) is 104 Å². The molecule has 0 bridgehead atoms. The van der Waals surface area contributed by atoms with E-state index in [0.29, 0.717) is 25.1 Å². The van der Waals surface area contributed by atoms with E-state index in [1.54, 1.807) is 11.0 Å². The highest BCUT2D eigenvalue weighted by molar-refractivity contribution is 5.87. The van der Waals surface area contributed by atoms with Gasteiger partial charge < -0.3 is 9.64 Å². The molecule has 2 saturated heterocycles. The van der Waals surface area contributed by atoms with Crippen LogP contribution in [-0.4, -0.2) is 56.3 Å². The number of amides is 2. The summed E-state index contributed by atoms with van der Waals surface area (Å²) in [5.74, 6) is -0.777. The Bertz CT molecular complexity index is 1180. The number of aromatic nitrogens is 2. The second kappa shape index (κ2) is 10.0. The fourth-order valence-corrected chi connectivity index (χ4v) is 5.74. The van der Waals surface area contributed by atoms with E-state index in [1.807, 2.05) is 48.7 Å². The lowest BCUT2D eigenvalue weighted by molar-refractivity contribution is -0.139. The summed E-state index contributed by atoms with van der Waals surface area (Å²) < 4.78 is 22.3. The molecule has 1 aromatic heterocycles. The maximum Gasteiger partial charge on any atom is 0.411 e. The van der Waals surface area contributed by atoms with Crippen molar-refractivity contribution < 1.29 is 18.7 Å². The van der Waals surface area contributed by atoms with Gasteiger partial charge in [-0.3, -0.25) is 14.4 Å². The summed E-state index contributed by atoms with van der Waals surface area (Å²) in [6.45, 7) is 17.3. The molecule has 7 nitrogen and oxygen atoms in total. The molecule has 8 heteroatoms. The van der Waals surface area contributed by atoms with Gasteiger partial charge in [0.2, 0.25) is 5.91 Å². The molecule has 2 aromatic rings. The molecule has 3 atom stereocenters. The van der Waals surface area contributed by atoms with Crippen molar-refractivity contribution in [2.75, 3.05) is 13.1 Å². The zero-order valence-corrected chi connectivity index (χ0v) is 24.1. The van der Waals surface area contributed by atoms with Crippen molar-refractivity contribution >= 4 is 12.0 Å². The van der Waals surface area contributed by atoms with Gasteiger partial charge >= 0.3 is 6.09 Å². The third-order valence-corrected chi connectivity index (χ3v) is 7.46. The van der Waals surface area contributed by atoms with Crippen LogP contribution in [0.2, 0.25) is 0 Å². The Morgan fingerprint density at radius 1 is 1.11 bits per heavy atom. The average Bonchev–Trinajstić information content (AvgIpc) is 3.42. The molecule has 3 heterocycles. The normalized spacial score (nSPS) is 24.0. The number of nitrogens with zero attached hydrogens (tertiary/aromatic N) is 4. The molecule has 4 rings (SSSR count). The smallest absolute Gasteiger partial charge is 0.411 e. The summed E-state index contributed by atoms with van der Waals surface area (Å²) in [4.78, 5) is 31.4. The SMILES string of the molecule is CC1(C)CCCN(C(=O)[C@@H]2C[C@H](c3ccn(C(C)(C)C)n3)[C@H](c3cccc(F)c3)N2C(=O)OC(C)(C)C)C1. The standard InChI is InChI=1S/C30H43FN4O3/c1-28(2,3)34-16-13-23(32-34)22-18-24(26(36)33-15-10-14-30(7,8)19-33)35(27(37)38-29(4,5)6)25(22)20-11-9-12-21(31)17-20/h9,11-13,16-17,22,24-25H,10,14-15,18-19H2,1-8H3/t22-,24+,25+/m1/s1. The monoisotopic (exact) mass is 526 g/mol. The van der Waals surface area contributed by atoms with Crippen molar-refractivity contribution in [1.29, 1.82) is 0 Å². The largest absolute Gasteiger partial charge is 0.444 e. The predicted octanol–water partition coefficient (Wildman–Crippen LogP) is 6.26. The summed E-state index contributed by atoms with van der Waals surface area (Å²) in [6, 6.07) is 6.91. The Hall–Kier alpha value is -2.90. The van der Waals surface area contributed by atoms with Gasteiger partial charge in [-0.1, -0.05) is 26.0 Å². The highest BCUT2D eigenvalue weighted by Crippen LogP contribution is 2.48. The molecule has 2 aliphatic rings. The van der Waals surface area contributed by atoms with Crippen molar-refractivity contribution in [2.24, 2.45) is 5.41 Å². The van der Waals surface area contributed by atoms with Crippen LogP contribution in [0.15, 0.2) is 36.5 Å². The van der Waals surface area contributed by atoms with Crippen LogP contribution in [0.25, 0.3) is 0 Å². The molecule has 0 spiro atoms. The van der Waals surface area contributed by atoms with Crippen LogP contribution in [0.4, 0.5) is 9.18 Å². The maximum absolute atomic E-state index is 14.5. The third kappa shape index (κ3) is 6.05. The van der Waals surface area contributed by atoms with E-state index < -0.39 is 29.6 Å². The lowest BCUT2D eigenvalue weighted by Crippen LogP contribution is -2.53. The summed E-state index contributed by atoms with van der Waals surface area (Å²) in [6.07, 6.45) is 3.72. The van der Waals surface area contributed by atoms with Crippen LogP contribution in [-0.2, 0) is 15.1 Å². The molecule has 0 saturated carbocycles. The molecule has 2 fully saturated rings. The van der Waals surface area contributed by atoms with Crippen LogP contribution >= 0.6 is 0 Å². The molecule has 0 N–H and O–H groups in total. The van der Waals surface area contributed by atoms with E-state index in [0.717, 1.165) is 18.5 Å². The molecule has 1 aromatic carbocycles. The average molecular weight is 527 g/mol. The fraction of sp³-hybridized carbons (Fsp3) is 0.633. The highest BCUT2D eigenvalue weighted by atomic mass is 19.1. The molecule has 0 unspecified atom stereocenters. The Morgan fingerprint density at radius 2 is 1.82 bits per heavy atom. The van der Waals surface area contributed by atoms with E-state index >= 15 is 0 Å². The van der Waals surface area contributed by atoms with Gasteiger partial charge in [0.15, 0.2) is 0 Å². The first kappa shape index (κ1) is 28.1. The second-order valence-electron chi connectivity index (χ2n) is 13.6. The zero-order valence-electron chi connectivity index (χ0n) is 24.1. The Labute approximate surface area is 226 Å². The van der Waals surface area contributed by atoms with Gasteiger partial charge in [-0.2, -0.15) is 5.10 Å². The second-order valence-corrected chi connectivity index (χ2v) is 13.6. The molecule has 2 amide bonds. The van der Waals surface area contributed by atoms with Crippen molar-refractivity contribution in [3.05, 3.63) is 53.6 Å². The number of piperidine rings is 1. The lowest BCUT2D eigenvalue weighted by atomic mass is 9.84. The Balaban J connectivity index is 1.81. The quantitative estimate of drug-likeness (QED) is 0.473. The van der Waals surface area contributed by atoms with Crippen LogP contribution in [0.3, 0.4) is 0 Å². The summed E-state index contributed by atoms with van der Waals surface area (Å²) in [5, 5.41) is 4.88. The molecule has 38 heavy (non-hydrogen) atoms. The first-order valence-electron chi connectivity index (χ1n) is 13.7. The first-order valence-corrected chi connectivity index (χ1v) is 13.7. The van der Waals surface area contributed by atoms with E-state index in [1.165, 1.54) is 12.1 Å². The first-order chi connectivity index (χ1) is 17.6. The van der Waals surface area contributed by atoms with E-state index in [-0.39, 0.29) is 22.8 Å². The molecular weight excluding hydrogens is 483 g/mol. The van der Waals surface area contributed by atoms with E-state index in [9.17, 15) is 14.0 Å². The van der Waals surface area contributed by atoms with Crippen LogP contribution in [0.1, 0.15) is 97.9 Å². The summed E-state index contributed by atoms with van der Waals surface area (Å²) >= 11 is 0. The van der Waals surface area contributed by atoms with Crippen molar-refractivity contribution in [3.8, 4) is 0 Å². The van der Waals surface area contributed by atoms with Gasteiger partial charge in [-0.25, -0.2) is 9.18 Å². The molecule has 0 aliphatic carbocycles. The van der Waals surface area contributed by atoms with Gasteiger partial charge in [0.05, 0.1) is 17.3 Å². The lowest BCUT2D eigenvalue weighted by Gasteiger charge is -2.41. The minimum absolute atomic E-state index is 0.0100. The number of hydrogen-bond donors (Lipinski definition) is 0. The predicted molar refractivity (Wildman–Crippen MR) is 145 cm³/mol. The number of rotatable bonds is 3. The fourth-order valence-electron chi connectivity index (χ4n) is 5.74. The van der Waals surface area contributed by atoms with Crippen LogP contribution < -0.4 is 0 Å². The molecule has 0 radical (unpaired) electrons. The maximum atomic E-state index is 14.5. The third-order valence-electron chi connectivity index (χ3n) is 7.46. The van der Waals surface area contributed by atoms with E-state index in [4.69, 9.17) is 9.84 Å². The van der Waals surface area contributed by atoms with Gasteiger partial charge in [-0.15, -0.1) is 0 Å². The number of benzene rings is 1. The number of carbonyl (C=O) groups is 2. The van der Waals surface area contributed by atoms with Gasteiger partial charge in [0, 0.05) is 25.2 Å². The molecule has 208 valence electrons. The van der Waals surface area contributed by atoms with Gasteiger partial charge in [-0.05, 0) is 90.0 Å². The Kier molecular flexibility index (Phi) is 7.40. The molecular formula is C30H43FN4O3. The van der Waals surface area contributed by atoms with Crippen molar-refractivity contribution in [1.82, 2.24) is 19.6 Å². The number of hydrogen-bond acceptors (Lipinski definition) is 4. The van der Waals surface area contributed by atoms with Crippen LogP contribution in [0, 0.1) is 11.2 Å². The summed E-state index contributed by atoms with van der Waals surface area (Å²) in [7, 11) is 0. The number of ether oxygens (including phenoxy) is 1. The van der Waals surface area contributed by atoms with Gasteiger partial charge in [0.25, 0.3) is 0 Å². The number of carbonyl (C=O) groups excluding carboxylic acids is 2. The van der Waals surface area contributed by atoms with Crippen molar-refractivity contribution in [3.63, 3.8) is 0 Å². The van der Waals surface area contributed by atoms with Gasteiger partial charge in [0.1, 0.15) is 17.5 Å². The minimum Gasteiger partial charge on any atom is -0.444 e.